The van der Waals surface area contributed by atoms with E-state index in [2.05, 4.69) is 17.1 Å². The van der Waals surface area contributed by atoms with Crippen LogP contribution in [0.2, 0.25) is 0 Å². The molecule has 0 aromatic carbocycles. The fourth-order valence-corrected chi connectivity index (χ4v) is 1.60. The Bertz CT molecular complexity index is 132. The molecule has 2 rings (SSSR count). The molecule has 1 heterocycles. The van der Waals surface area contributed by atoms with E-state index in [4.69, 9.17) is 0 Å². The molecule has 1 saturated carbocycles. The highest BCUT2D eigenvalue weighted by Gasteiger charge is 2.24. The number of hydrogen-bond acceptors (Lipinski definition) is 2. The molecule has 2 heteroatoms. The summed E-state index contributed by atoms with van der Waals surface area (Å²) in [5.74, 6) is 0. The van der Waals surface area contributed by atoms with Crippen molar-refractivity contribution in [2.75, 3.05) is 19.6 Å². The minimum Gasteiger partial charge on any atom is -0.313 e. The average Bonchev–Trinajstić information content (AvgIpc) is 2.78. The minimum absolute atomic E-state index is 0.857. The van der Waals surface area contributed by atoms with Crippen LogP contribution in [0.1, 0.15) is 26.2 Å². The fourth-order valence-electron chi connectivity index (χ4n) is 1.60. The highest BCUT2D eigenvalue weighted by molar-refractivity contribution is 4.83. The summed E-state index contributed by atoms with van der Waals surface area (Å²) in [7, 11) is 0. The molecule has 1 N–H and O–H groups in total. The molecule has 0 bridgehead atoms. The molecule has 1 saturated heterocycles. The lowest BCUT2D eigenvalue weighted by molar-refractivity contribution is 0.106. The Morgan fingerprint density at radius 3 is 2.64 bits per heavy atom. The van der Waals surface area contributed by atoms with Gasteiger partial charge in [-0.1, -0.05) is 0 Å². The monoisotopic (exact) mass is 154 g/mol. The molecule has 0 amide bonds. The summed E-state index contributed by atoms with van der Waals surface area (Å²) in [6, 6.07) is 1.74. The topological polar surface area (TPSA) is 15.3 Å². The first-order valence-corrected chi connectivity index (χ1v) is 4.83. The van der Waals surface area contributed by atoms with Crippen molar-refractivity contribution in [1.29, 1.82) is 0 Å². The fraction of sp³-hybridized carbons (Fsp3) is 1.00. The van der Waals surface area contributed by atoms with Crippen molar-refractivity contribution >= 4 is 0 Å². The van der Waals surface area contributed by atoms with Crippen LogP contribution in [-0.2, 0) is 0 Å². The molecule has 2 fully saturated rings. The first-order valence-electron chi connectivity index (χ1n) is 4.83. The highest BCUT2D eigenvalue weighted by Crippen LogP contribution is 2.19. The Morgan fingerprint density at radius 2 is 2.18 bits per heavy atom. The Hall–Kier alpha value is -0.0800. The maximum atomic E-state index is 3.53. The van der Waals surface area contributed by atoms with Crippen LogP contribution >= 0.6 is 0 Å². The third kappa shape index (κ3) is 1.94. The molecule has 2 aliphatic rings. The van der Waals surface area contributed by atoms with Crippen LogP contribution in [0, 0.1) is 0 Å². The maximum Gasteiger partial charge on any atom is 0.0110 e. The second kappa shape index (κ2) is 3.11. The zero-order valence-corrected chi connectivity index (χ0v) is 7.34. The summed E-state index contributed by atoms with van der Waals surface area (Å²) in [6.07, 6.45) is 4.23. The Kier molecular flexibility index (Phi) is 2.14. The van der Waals surface area contributed by atoms with Crippen molar-refractivity contribution in [2.24, 2.45) is 0 Å². The van der Waals surface area contributed by atoms with Crippen LogP contribution in [0.3, 0.4) is 0 Å². The van der Waals surface area contributed by atoms with Crippen LogP contribution in [-0.4, -0.2) is 36.6 Å². The van der Waals surface area contributed by atoms with E-state index in [1.54, 1.807) is 0 Å². The number of nitrogens with zero attached hydrogens (tertiary/aromatic N) is 1. The van der Waals surface area contributed by atoms with E-state index < -0.39 is 0 Å². The van der Waals surface area contributed by atoms with E-state index in [1.165, 1.54) is 38.9 Å². The lowest BCUT2D eigenvalue weighted by Crippen LogP contribution is -2.48. The third-order valence-electron chi connectivity index (χ3n) is 2.87. The summed E-state index contributed by atoms with van der Waals surface area (Å²) in [6.45, 7) is 6.11. The van der Waals surface area contributed by atoms with Crippen LogP contribution in [0.25, 0.3) is 0 Å². The summed E-state index contributed by atoms with van der Waals surface area (Å²) < 4.78 is 0. The van der Waals surface area contributed by atoms with E-state index in [-0.39, 0.29) is 0 Å². The van der Waals surface area contributed by atoms with Gasteiger partial charge in [0.15, 0.2) is 0 Å². The summed E-state index contributed by atoms with van der Waals surface area (Å²) in [5.41, 5.74) is 0. The zero-order valence-electron chi connectivity index (χ0n) is 7.34. The summed E-state index contributed by atoms with van der Waals surface area (Å²) >= 11 is 0. The van der Waals surface area contributed by atoms with Crippen molar-refractivity contribution in [3.63, 3.8) is 0 Å². The van der Waals surface area contributed by atoms with Gasteiger partial charge in [0.05, 0.1) is 0 Å². The van der Waals surface area contributed by atoms with Crippen LogP contribution in [0.15, 0.2) is 0 Å². The second-order valence-corrected chi connectivity index (χ2v) is 3.90. The zero-order chi connectivity index (χ0) is 7.68. The first-order chi connectivity index (χ1) is 5.36. The average molecular weight is 154 g/mol. The van der Waals surface area contributed by atoms with Gasteiger partial charge in [-0.25, -0.2) is 0 Å². The van der Waals surface area contributed by atoms with E-state index in [9.17, 15) is 0 Å². The number of rotatable bonds is 4. The summed E-state index contributed by atoms with van der Waals surface area (Å²) in [4.78, 5) is 2.55. The van der Waals surface area contributed by atoms with E-state index in [0.717, 1.165) is 12.1 Å². The highest BCUT2D eigenvalue weighted by atomic mass is 15.2. The van der Waals surface area contributed by atoms with Gasteiger partial charge in [-0.15, -0.1) is 0 Å². The molecule has 0 radical (unpaired) electrons. The minimum atomic E-state index is 0.857. The lowest BCUT2D eigenvalue weighted by atomic mass is 10.1. The SMILES string of the molecule is CC1CCN1CCNC1CC1. The maximum absolute atomic E-state index is 3.53. The predicted octanol–water partition coefficient (Wildman–Crippen LogP) is 0.833. The van der Waals surface area contributed by atoms with Crippen LogP contribution in [0.4, 0.5) is 0 Å². The molecular formula is C9H18N2. The van der Waals surface area contributed by atoms with Crippen LogP contribution < -0.4 is 5.32 Å². The smallest absolute Gasteiger partial charge is 0.0110 e. The first kappa shape index (κ1) is 7.56. The molecular weight excluding hydrogens is 136 g/mol. The molecule has 1 unspecified atom stereocenters. The molecule has 1 atom stereocenters. The number of nitrogens with one attached hydrogen (secondary N) is 1. The normalized spacial score (nSPS) is 31.9. The second-order valence-electron chi connectivity index (χ2n) is 3.90. The van der Waals surface area contributed by atoms with E-state index in [1.807, 2.05) is 0 Å². The van der Waals surface area contributed by atoms with Crippen molar-refractivity contribution in [3.8, 4) is 0 Å². The van der Waals surface area contributed by atoms with Crippen molar-refractivity contribution < 1.29 is 0 Å². The van der Waals surface area contributed by atoms with Crippen LogP contribution in [0.5, 0.6) is 0 Å². The molecule has 0 aromatic rings. The van der Waals surface area contributed by atoms with Gasteiger partial charge < -0.3 is 5.32 Å². The third-order valence-corrected chi connectivity index (χ3v) is 2.87. The van der Waals surface area contributed by atoms with Gasteiger partial charge in [0.1, 0.15) is 0 Å². The number of likely N-dealkylation sites (tertiary alicyclic amines) is 1. The quantitative estimate of drug-likeness (QED) is 0.645. The molecule has 2 nitrogen and oxygen atoms in total. The van der Waals surface area contributed by atoms with Gasteiger partial charge in [-0.2, -0.15) is 0 Å². The molecule has 1 aliphatic heterocycles. The molecule has 0 spiro atoms. The van der Waals surface area contributed by atoms with Gasteiger partial charge in [-0.05, 0) is 32.7 Å². The lowest BCUT2D eigenvalue weighted by Gasteiger charge is -2.38. The molecule has 11 heavy (non-hydrogen) atoms. The molecule has 64 valence electrons. The van der Waals surface area contributed by atoms with Gasteiger partial charge in [0, 0.05) is 25.2 Å². The van der Waals surface area contributed by atoms with Gasteiger partial charge in [0.2, 0.25) is 0 Å². The van der Waals surface area contributed by atoms with Gasteiger partial charge >= 0.3 is 0 Å². The largest absolute Gasteiger partial charge is 0.313 e. The Labute approximate surface area is 69.0 Å². The van der Waals surface area contributed by atoms with Gasteiger partial charge in [-0.3, -0.25) is 4.90 Å². The molecule has 1 aliphatic carbocycles. The Morgan fingerprint density at radius 1 is 1.36 bits per heavy atom. The van der Waals surface area contributed by atoms with Crippen molar-refractivity contribution in [3.05, 3.63) is 0 Å². The Balaban J connectivity index is 1.51. The number of hydrogen-bond donors (Lipinski definition) is 1. The van der Waals surface area contributed by atoms with Crippen molar-refractivity contribution in [2.45, 2.75) is 38.3 Å². The van der Waals surface area contributed by atoms with Crippen molar-refractivity contribution in [1.82, 2.24) is 10.2 Å². The predicted molar refractivity (Wildman–Crippen MR) is 46.7 cm³/mol. The molecule has 0 aromatic heterocycles. The summed E-state index contributed by atoms with van der Waals surface area (Å²) in [5, 5.41) is 3.53. The van der Waals surface area contributed by atoms with E-state index >= 15 is 0 Å². The van der Waals surface area contributed by atoms with E-state index in [0.29, 0.717) is 0 Å². The van der Waals surface area contributed by atoms with Gasteiger partial charge in [0.25, 0.3) is 0 Å². The standard InChI is InChI=1S/C9H18N2/c1-8-4-6-11(8)7-5-10-9-2-3-9/h8-10H,2-7H2,1H3.